The zero-order chi connectivity index (χ0) is 18.1. The molecule has 1 amide bonds. The highest BCUT2D eigenvalue weighted by molar-refractivity contribution is 5.92. The number of carbonyl (C=O) groups is 1. The number of pyridine rings is 1. The highest BCUT2D eigenvalue weighted by Gasteiger charge is 2.28. The first-order chi connectivity index (χ1) is 12.6. The Hall–Kier alpha value is -3.16. The number of nitrogens with zero attached hydrogens (tertiary/aromatic N) is 5. The van der Waals surface area contributed by atoms with Gasteiger partial charge in [-0.1, -0.05) is 0 Å². The Morgan fingerprint density at radius 1 is 1.27 bits per heavy atom. The Morgan fingerprint density at radius 2 is 2.15 bits per heavy atom. The molecule has 1 atom stereocenters. The van der Waals surface area contributed by atoms with Gasteiger partial charge in [-0.25, -0.2) is 14.4 Å². The average molecular weight is 355 g/mol. The van der Waals surface area contributed by atoms with E-state index < -0.39 is 11.9 Å². The molecule has 134 valence electrons. The Labute approximate surface area is 149 Å². The third kappa shape index (κ3) is 3.17. The second-order valence-corrected chi connectivity index (χ2v) is 6.29. The fourth-order valence-corrected chi connectivity index (χ4v) is 3.08. The van der Waals surface area contributed by atoms with Crippen LogP contribution in [0.5, 0.6) is 5.88 Å². The molecule has 1 aliphatic rings. The van der Waals surface area contributed by atoms with E-state index in [9.17, 15) is 9.18 Å². The van der Waals surface area contributed by atoms with Crippen LogP contribution in [0.3, 0.4) is 0 Å². The number of rotatable bonds is 3. The molecule has 0 aliphatic carbocycles. The summed E-state index contributed by atoms with van der Waals surface area (Å²) in [5, 5.41) is 0. The van der Waals surface area contributed by atoms with Gasteiger partial charge in [-0.3, -0.25) is 4.79 Å². The topological polar surface area (TPSA) is 65.2 Å². The summed E-state index contributed by atoms with van der Waals surface area (Å²) in [4.78, 5) is 22.6. The van der Waals surface area contributed by atoms with E-state index in [0.717, 1.165) is 5.69 Å². The second-order valence-electron chi connectivity index (χ2n) is 6.29. The summed E-state index contributed by atoms with van der Waals surface area (Å²) in [6.45, 7) is 1.25. The van der Waals surface area contributed by atoms with Crippen molar-refractivity contribution in [2.45, 2.75) is 19.2 Å². The fraction of sp³-hybridized carbons (Fsp3) is 0.278. The van der Waals surface area contributed by atoms with Crippen molar-refractivity contribution in [3.8, 4) is 5.88 Å². The van der Waals surface area contributed by atoms with E-state index >= 15 is 0 Å². The molecule has 0 N–H and O–H groups in total. The van der Waals surface area contributed by atoms with Crippen LogP contribution in [0.15, 0.2) is 49.2 Å². The molecule has 0 fully saturated rings. The Morgan fingerprint density at radius 3 is 2.92 bits per heavy atom. The quantitative estimate of drug-likeness (QED) is 0.719. The van der Waals surface area contributed by atoms with Gasteiger partial charge in [0.25, 0.3) is 11.8 Å². The van der Waals surface area contributed by atoms with Gasteiger partial charge in [-0.2, -0.15) is 0 Å². The van der Waals surface area contributed by atoms with E-state index in [-0.39, 0.29) is 11.8 Å². The lowest BCUT2D eigenvalue weighted by molar-refractivity contribution is 0.0635. The Kier molecular flexibility index (Phi) is 4.16. The summed E-state index contributed by atoms with van der Waals surface area (Å²) in [5.41, 5.74) is 1.36. The van der Waals surface area contributed by atoms with Crippen LogP contribution in [0.25, 0.3) is 0 Å². The molecular formula is C18H18FN5O2. The number of halogens is 1. The fourth-order valence-electron chi connectivity index (χ4n) is 3.08. The van der Waals surface area contributed by atoms with E-state index in [4.69, 9.17) is 4.74 Å². The first kappa shape index (κ1) is 16.3. The minimum absolute atomic E-state index is 0.0571. The zero-order valence-corrected chi connectivity index (χ0v) is 14.2. The lowest BCUT2D eigenvalue weighted by Gasteiger charge is -2.24. The number of fused-ring (bicyclic) bond motifs is 1. The molecule has 4 heterocycles. The van der Waals surface area contributed by atoms with Crippen molar-refractivity contribution in [1.29, 1.82) is 0 Å². The standard InChI is InChI=1S/C18H18FN5O2/c1-22-11-16(21-12-22)18(25)24-8-13-4-3-7-23(13)9-14(10-24)26-17-15(19)5-2-6-20-17/h2-7,11-12,14H,8-10H2,1H3. The predicted octanol–water partition coefficient (Wildman–Crippen LogP) is 1.86. The molecule has 3 aromatic heterocycles. The smallest absolute Gasteiger partial charge is 0.274 e. The molecule has 8 heteroatoms. The van der Waals surface area contributed by atoms with Gasteiger partial charge >= 0.3 is 0 Å². The van der Waals surface area contributed by atoms with Gasteiger partial charge in [0.2, 0.25) is 0 Å². The van der Waals surface area contributed by atoms with Crippen molar-refractivity contribution in [3.05, 3.63) is 66.4 Å². The number of imidazole rings is 1. The maximum Gasteiger partial charge on any atom is 0.274 e. The maximum absolute atomic E-state index is 13.9. The molecule has 3 aromatic rings. The minimum atomic E-state index is -0.521. The third-order valence-corrected chi connectivity index (χ3v) is 4.31. The van der Waals surface area contributed by atoms with Crippen molar-refractivity contribution in [1.82, 2.24) is 24.0 Å². The molecule has 0 saturated carbocycles. The van der Waals surface area contributed by atoms with Crippen LogP contribution in [-0.4, -0.2) is 42.6 Å². The van der Waals surface area contributed by atoms with Crippen molar-refractivity contribution in [2.75, 3.05) is 6.54 Å². The van der Waals surface area contributed by atoms with E-state index in [1.54, 1.807) is 22.0 Å². The molecule has 0 bridgehead atoms. The Bertz CT molecular complexity index is 935. The minimum Gasteiger partial charge on any atom is -0.468 e. The molecule has 1 aliphatic heterocycles. The monoisotopic (exact) mass is 355 g/mol. The largest absolute Gasteiger partial charge is 0.468 e. The number of carbonyl (C=O) groups excluding carboxylic acids is 1. The molecule has 4 rings (SSSR count). The van der Waals surface area contributed by atoms with Gasteiger partial charge in [0.05, 0.1) is 26.0 Å². The van der Waals surface area contributed by atoms with E-state index in [2.05, 4.69) is 9.97 Å². The lowest BCUT2D eigenvalue weighted by atomic mass is 10.3. The van der Waals surface area contributed by atoms with Gasteiger partial charge in [-0.15, -0.1) is 0 Å². The molecule has 1 unspecified atom stereocenters. The van der Waals surface area contributed by atoms with Crippen LogP contribution in [0.2, 0.25) is 0 Å². The zero-order valence-electron chi connectivity index (χ0n) is 14.2. The van der Waals surface area contributed by atoms with Crippen molar-refractivity contribution in [3.63, 3.8) is 0 Å². The van der Waals surface area contributed by atoms with Crippen LogP contribution in [-0.2, 0) is 20.1 Å². The first-order valence-electron chi connectivity index (χ1n) is 8.28. The molecule has 7 nitrogen and oxygen atoms in total. The average Bonchev–Trinajstić information content (AvgIpc) is 3.21. The summed E-state index contributed by atoms with van der Waals surface area (Å²) in [5.74, 6) is -0.763. The maximum atomic E-state index is 13.9. The summed E-state index contributed by atoms with van der Waals surface area (Å²) < 4.78 is 23.4. The second kappa shape index (κ2) is 6.62. The van der Waals surface area contributed by atoms with Gasteiger partial charge in [0.15, 0.2) is 5.82 Å². The predicted molar refractivity (Wildman–Crippen MR) is 91.0 cm³/mol. The number of aromatic nitrogens is 4. The van der Waals surface area contributed by atoms with Gasteiger partial charge < -0.3 is 18.8 Å². The summed E-state index contributed by atoms with van der Waals surface area (Å²) in [6.07, 6.45) is 6.24. The summed E-state index contributed by atoms with van der Waals surface area (Å²) >= 11 is 0. The van der Waals surface area contributed by atoms with Crippen LogP contribution < -0.4 is 4.74 Å². The molecule has 0 spiro atoms. The highest BCUT2D eigenvalue weighted by Crippen LogP contribution is 2.20. The number of hydrogen-bond donors (Lipinski definition) is 0. The third-order valence-electron chi connectivity index (χ3n) is 4.31. The van der Waals surface area contributed by atoms with Gasteiger partial charge in [0, 0.05) is 31.3 Å². The van der Waals surface area contributed by atoms with Crippen molar-refractivity contribution < 1.29 is 13.9 Å². The molecule has 26 heavy (non-hydrogen) atoms. The van der Waals surface area contributed by atoms with E-state index in [1.807, 2.05) is 29.9 Å². The number of ether oxygens (including phenoxy) is 1. The van der Waals surface area contributed by atoms with Crippen LogP contribution in [0.4, 0.5) is 4.39 Å². The van der Waals surface area contributed by atoms with Gasteiger partial charge in [0.1, 0.15) is 11.8 Å². The normalized spacial score (nSPS) is 16.8. The lowest BCUT2D eigenvalue weighted by Crippen LogP contribution is -2.39. The van der Waals surface area contributed by atoms with E-state index in [0.29, 0.717) is 25.3 Å². The number of aryl methyl sites for hydroxylation is 1. The molecular weight excluding hydrogens is 337 g/mol. The number of hydrogen-bond acceptors (Lipinski definition) is 4. The van der Waals surface area contributed by atoms with E-state index in [1.165, 1.54) is 18.3 Å². The molecule has 0 aromatic carbocycles. The van der Waals surface area contributed by atoms with Crippen LogP contribution >= 0.6 is 0 Å². The first-order valence-corrected chi connectivity index (χ1v) is 8.28. The summed E-state index contributed by atoms with van der Waals surface area (Å²) in [7, 11) is 1.81. The van der Waals surface area contributed by atoms with Crippen LogP contribution in [0, 0.1) is 5.82 Å². The van der Waals surface area contributed by atoms with Gasteiger partial charge in [-0.05, 0) is 24.3 Å². The van der Waals surface area contributed by atoms with Crippen LogP contribution in [0.1, 0.15) is 16.2 Å². The molecule has 0 saturated heterocycles. The Balaban J connectivity index is 1.61. The number of amides is 1. The summed E-state index contributed by atoms with van der Waals surface area (Å²) in [6, 6.07) is 6.69. The molecule has 0 radical (unpaired) electrons. The van der Waals surface area contributed by atoms with Crippen molar-refractivity contribution in [2.24, 2.45) is 7.05 Å². The highest BCUT2D eigenvalue weighted by atomic mass is 19.1. The SMILES string of the molecule is Cn1cnc(C(=O)N2Cc3cccn3CC(Oc3ncccc3F)C2)c1. The van der Waals surface area contributed by atoms with Crippen molar-refractivity contribution >= 4 is 5.91 Å².